The van der Waals surface area contributed by atoms with Crippen molar-refractivity contribution in [3.63, 3.8) is 0 Å². The van der Waals surface area contributed by atoms with Crippen LogP contribution in [0.1, 0.15) is 12.0 Å². The van der Waals surface area contributed by atoms with Gasteiger partial charge >= 0.3 is 10.2 Å². The van der Waals surface area contributed by atoms with Crippen molar-refractivity contribution in [2.75, 3.05) is 31.9 Å². The van der Waals surface area contributed by atoms with Crippen molar-refractivity contribution in [2.24, 2.45) is 4.99 Å². The Labute approximate surface area is 113 Å². The Morgan fingerprint density at radius 1 is 1.26 bits per heavy atom. The maximum absolute atomic E-state index is 11.7. The van der Waals surface area contributed by atoms with E-state index >= 15 is 0 Å². The molecule has 0 radical (unpaired) electrons. The van der Waals surface area contributed by atoms with Crippen LogP contribution < -0.4 is 10.0 Å². The average molecular weight is 282 g/mol. The lowest BCUT2D eigenvalue weighted by molar-refractivity contribution is 0.527. The van der Waals surface area contributed by atoms with E-state index in [1.54, 1.807) is 12.1 Å². The van der Waals surface area contributed by atoms with Crippen molar-refractivity contribution in [1.29, 1.82) is 0 Å². The van der Waals surface area contributed by atoms with Gasteiger partial charge < -0.3 is 5.32 Å². The molecule has 0 bridgehead atoms. The first-order chi connectivity index (χ1) is 8.99. The second kappa shape index (κ2) is 5.58. The average Bonchev–Trinajstić information content (AvgIpc) is 2.40. The number of nitrogens with one attached hydrogen (secondary N) is 2. The molecule has 0 amide bonds. The van der Waals surface area contributed by atoms with Gasteiger partial charge in [-0.15, -0.1) is 0 Å². The largest absolute Gasteiger partial charge is 0.370 e. The van der Waals surface area contributed by atoms with E-state index in [2.05, 4.69) is 15.0 Å². The number of nitrogens with zero attached hydrogens (tertiary/aromatic N) is 2. The molecule has 0 fully saturated rings. The number of rotatable bonds is 4. The Hall–Kier alpha value is -1.60. The lowest BCUT2D eigenvalue weighted by Gasteiger charge is -2.16. The number of benzene rings is 1. The summed E-state index contributed by atoms with van der Waals surface area (Å²) in [5.74, 6) is 0.869. The van der Waals surface area contributed by atoms with Crippen molar-refractivity contribution in [2.45, 2.75) is 6.42 Å². The molecular weight excluding hydrogens is 264 g/mol. The summed E-state index contributed by atoms with van der Waals surface area (Å²) in [4.78, 5) is 4.39. The van der Waals surface area contributed by atoms with Crippen LogP contribution in [0.15, 0.2) is 29.3 Å². The summed E-state index contributed by atoms with van der Waals surface area (Å²) in [6.45, 7) is 1.76. The van der Waals surface area contributed by atoms with Gasteiger partial charge in [0.2, 0.25) is 0 Å². The fourth-order valence-corrected chi connectivity index (χ4v) is 2.28. The van der Waals surface area contributed by atoms with E-state index in [4.69, 9.17) is 0 Å². The van der Waals surface area contributed by atoms with Crippen LogP contribution in [0.3, 0.4) is 0 Å². The van der Waals surface area contributed by atoms with E-state index in [0.717, 1.165) is 35.2 Å². The number of aliphatic imine (C=N–C) groups is 1. The normalized spacial score (nSPS) is 15.8. The van der Waals surface area contributed by atoms with Gasteiger partial charge in [0, 0.05) is 38.4 Å². The van der Waals surface area contributed by atoms with E-state index in [1.807, 2.05) is 12.1 Å². The fraction of sp³-hybridized carbons (Fsp3) is 0.417. The second-order valence-corrected chi connectivity index (χ2v) is 6.36. The maximum atomic E-state index is 11.7. The van der Waals surface area contributed by atoms with E-state index in [-0.39, 0.29) is 0 Å². The monoisotopic (exact) mass is 282 g/mol. The first kappa shape index (κ1) is 13.8. The van der Waals surface area contributed by atoms with Crippen molar-refractivity contribution in [3.05, 3.63) is 29.8 Å². The minimum Gasteiger partial charge on any atom is -0.370 e. The Kier molecular flexibility index (Phi) is 4.06. The molecule has 0 atom stereocenters. The van der Waals surface area contributed by atoms with Gasteiger partial charge in [0.05, 0.1) is 0 Å². The van der Waals surface area contributed by atoms with E-state index < -0.39 is 10.2 Å². The Morgan fingerprint density at radius 3 is 2.47 bits per heavy atom. The Morgan fingerprint density at radius 2 is 1.95 bits per heavy atom. The quantitative estimate of drug-likeness (QED) is 0.851. The molecule has 1 aromatic rings. The maximum Gasteiger partial charge on any atom is 0.301 e. The molecule has 1 aromatic carbocycles. The van der Waals surface area contributed by atoms with Crippen LogP contribution in [-0.4, -0.2) is 45.7 Å². The number of anilines is 1. The van der Waals surface area contributed by atoms with Crippen molar-refractivity contribution < 1.29 is 8.42 Å². The SMILES string of the molecule is CN(C)S(=O)(=O)Nc1ccc(C2=NCCCN2)cc1. The lowest BCUT2D eigenvalue weighted by Crippen LogP contribution is -2.30. The predicted molar refractivity (Wildman–Crippen MR) is 76.7 cm³/mol. The minimum absolute atomic E-state index is 0.536. The van der Waals surface area contributed by atoms with Gasteiger partial charge in [0.25, 0.3) is 0 Å². The number of amidine groups is 1. The van der Waals surface area contributed by atoms with E-state index in [9.17, 15) is 8.42 Å². The molecule has 1 heterocycles. The van der Waals surface area contributed by atoms with Crippen molar-refractivity contribution >= 4 is 21.7 Å². The molecule has 0 aromatic heterocycles. The summed E-state index contributed by atoms with van der Waals surface area (Å²) in [6.07, 6.45) is 1.05. The first-order valence-corrected chi connectivity index (χ1v) is 7.52. The first-order valence-electron chi connectivity index (χ1n) is 6.08. The minimum atomic E-state index is -3.45. The molecule has 2 N–H and O–H groups in total. The molecule has 1 aliphatic rings. The zero-order valence-corrected chi connectivity index (χ0v) is 11.9. The van der Waals surface area contributed by atoms with E-state index in [0.29, 0.717) is 5.69 Å². The van der Waals surface area contributed by atoms with Gasteiger partial charge in [-0.05, 0) is 30.7 Å². The molecular formula is C12H18N4O2S. The van der Waals surface area contributed by atoms with Gasteiger partial charge in [0.15, 0.2) is 0 Å². The van der Waals surface area contributed by atoms with Crippen LogP contribution in [0.4, 0.5) is 5.69 Å². The molecule has 0 saturated carbocycles. The molecule has 19 heavy (non-hydrogen) atoms. The van der Waals surface area contributed by atoms with Gasteiger partial charge in [-0.3, -0.25) is 9.71 Å². The summed E-state index contributed by atoms with van der Waals surface area (Å²) in [5, 5.41) is 3.22. The Bertz CT molecular complexity index is 564. The van der Waals surface area contributed by atoms with Gasteiger partial charge in [-0.1, -0.05) is 0 Å². The Balaban J connectivity index is 2.13. The second-order valence-electron chi connectivity index (χ2n) is 4.48. The highest BCUT2D eigenvalue weighted by Gasteiger charge is 2.13. The standard InChI is InChI=1S/C12H18N4O2S/c1-16(2)19(17,18)15-11-6-4-10(5-7-11)12-13-8-3-9-14-12/h4-7,15H,3,8-9H2,1-2H3,(H,13,14). The third kappa shape index (κ3) is 3.45. The molecule has 7 heteroatoms. The van der Waals surface area contributed by atoms with Crippen molar-refractivity contribution in [1.82, 2.24) is 9.62 Å². The summed E-state index contributed by atoms with van der Waals surface area (Å²) >= 11 is 0. The molecule has 6 nitrogen and oxygen atoms in total. The van der Waals surface area contributed by atoms with Crippen LogP contribution in [0.2, 0.25) is 0 Å². The smallest absolute Gasteiger partial charge is 0.301 e. The van der Waals surface area contributed by atoms with Crippen LogP contribution in [0, 0.1) is 0 Å². The van der Waals surface area contributed by atoms with Crippen LogP contribution in [-0.2, 0) is 10.2 Å². The number of hydrogen-bond acceptors (Lipinski definition) is 4. The zero-order valence-electron chi connectivity index (χ0n) is 11.0. The van der Waals surface area contributed by atoms with Crippen molar-refractivity contribution in [3.8, 4) is 0 Å². The van der Waals surface area contributed by atoms with Gasteiger partial charge in [-0.2, -0.15) is 12.7 Å². The lowest BCUT2D eigenvalue weighted by atomic mass is 10.1. The van der Waals surface area contributed by atoms with Crippen LogP contribution >= 0.6 is 0 Å². The molecule has 0 saturated heterocycles. The highest BCUT2D eigenvalue weighted by molar-refractivity contribution is 7.90. The fourth-order valence-electron chi connectivity index (χ4n) is 1.66. The molecule has 2 rings (SSSR count). The van der Waals surface area contributed by atoms with Crippen LogP contribution in [0.5, 0.6) is 0 Å². The van der Waals surface area contributed by atoms with Gasteiger partial charge in [0.1, 0.15) is 5.84 Å². The number of hydrogen-bond donors (Lipinski definition) is 2. The predicted octanol–water partition coefficient (Wildman–Crippen LogP) is 0.645. The summed E-state index contributed by atoms with van der Waals surface area (Å²) < 4.78 is 26.9. The summed E-state index contributed by atoms with van der Waals surface area (Å²) in [7, 11) is -0.484. The molecule has 104 valence electrons. The highest BCUT2D eigenvalue weighted by Crippen LogP contribution is 2.13. The highest BCUT2D eigenvalue weighted by atomic mass is 32.2. The third-order valence-electron chi connectivity index (χ3n) is 2.78. The molecule has 0 aliphatic carbocycles. The zero-order chi connectivity index (χ0) is 13.9. The van der Waals surface area contributed by atoms with Crippen LogP contribution in [0.25, 0.3) is 0 Å². The summed E-state index contributed by atoms with van der Waals surface area (Å²) in [6, 6.07) is 7.17. The van der Waals surface area contributed by atoms with E-state index in [1.165, 1.54) is 14.1 Å². The molecule has 1 aliphatic heterocycles. The third-order valence-corrected chi connectivity index (χ3v) is 4.24. The van der Waals surface area contributed by atoms with Gasteiger partial charge in [-0.25, -0.2) is 0 Å². The molecule has 0 unspecified atom stereocenters. The topological polar surface area (TPSA) is 73.8 Å². The molecule has 0 spiro atoms. The summed E-state index contributed by atoms with van der Waals surface area (Å²) in [5.41, 5.74) is 1.50.